The van der Waals surface area contributed by atoms with Gasteiger partial charge in [0.25, 0.3) is 0 Å². The van der Waals surface area contributed by atoms with Gasteiger partial charge in [-0.2, -0.15) is 4.31 Å². The van der Waals surface area contributed by atoms with Crippen LogP contribution in [-0.4, -0.2) is 31.2 Å². The van der Waals surface area contributed by atoms with Crippen molar-refractivity contribution in [2.75, 3.05) is 6.54 Å². The van der Waals surface area contributed by atoms with E-state index in [9.17, 15) is 13.2 Å². The second-order valence-electron chi connectivity index (χ2n) is 7.24. The zero-order valence-corrected chi connectivity index (χ0v) is 17.4. The molecule has 6 nitrogen and oxygen atoms in total. The molecule has 1 aromatic heterocycles. The highest BCUT2D eigenvalue weighted by Gasteiger charge is 2.29. The number of nitrogens with zero attached hydrogens (tertiary/aromatic N) is 1. The molecule has 2 aromatic rings. The molecule has 1 N–H and O–H groups in total. The van der Waals surface area contributed by atoms with E-state index in [-0.39, 0.29) is 29.9 Å². The van der Waals surface area contributed by atoms with Crippen LogP contribution in [0.25, 0.3) is 0 Å². The molecular weight excluding hydrogens is 400 g/mol. The van der Waals surface area contributed by atoms with Crippen LogP contribution in [0.5, 0.6) is 0 Å². The minimum Gasteiger partial charge on any atom is -0.468 e. The maximum absolute atomic E-state index is 13.1. The summed E-state index contributed by atoms with van der Waals surface area (Å²) in [6, 6.07) is 9.37. The Morgan fingerprint density at radius 3 is 2.57 bits per heavy atom. The Morgan fingerprint density at radius 1 is 1.21 bits per heavy atom. The number of halogens is 1. The van der Waals surface area contributed by atoms with E-state index in [0.717, 1.165) is 23.6 Å². The fourth-order valence-electron chi connectivity index (χ4n) is 3.50. The van der Waals surface area contributed by atoms with Gasteiger partial charge < -0.3 is 9.73 Å². The van der Waals surface area contributed by atoms with Gasteiger partial charge in [0.05, 0.1) is 24.2 Å². The van der Waals surface area contributed by atoms with E-state index in [2.05, 4.69) is 12.2 Å². The quantitative estimate of drug-likeness (QED) is 0.732. The summed E-state index contributed by atoms with van der Waals surface area (Å²) >= 11 is 5.88. The van der Waals surface area contributed by atoms with Crippen LogP contribution in [0.3, 0.4) is 0 Å². The standard InChI is InChI=1S/C20H25ClN2O4S/c1-15-5-2-3-7-19(15)22-20(24)14-23(13-17-6-4-12-27-17)28(25,26)18-10-8-16(21)9-11-18/h4,6,8-12,15,19H,2-3,5,7,13-14H2,1H3,(H,22,24). The van der Waals surface area contributed by atoms with Crippen molar-refractivity contribution in [2.24, 2.45) is 5.92 Å². The average Bonchev–Trinajstić information content (AvgIpc) is 3.17. The fourth-order valence-corrected chi connectivity index (χ4v) is 4.99. The SMILES string of the molecule is CC1CCCCC1NC(=O)CN(Cc1ccco1)S(=O)(=O)c1ccc(Cl)cc1. The van der Waals surface area contributed by atoms with E-state index in [0.29, 0.717) is 16.7 Å². The van der Waals surface area contributed by atoms with Crippen LogP contribution in [-0.2, 0) is 21.4 Å². The third kappa shape index (κ3) is 5.16. The first-order valence-corrected chi connectivity index (χ1v) is 11.3. The van der Waals surface area contributed by atoms with Crippen molar-refractivity contribution in [3.8, 4) is 0 Å². The van der Waals surface area contributed by atoms with Gasteiger partial charge in [0, 0.05) is 11.1 Å². The van der Waals surface area contributed by atoms with Crippen LogP contribution >= 0.6 is 11.6 Å². The van der Waals surface area contributed by atoms with Crippen molar-refractivity contribution in [2.45, 2.75) is 50.1 Å². The smallest absolute Gasteiger partial charge is 0.243 e. The molecule has 0 radical (unpaired) electrons. The van der Waals surface area contributed by atoms with Crippen LogP contribution in [0.2, 0.25) is 5.02 Å². The van der Waals surface area contributed by atoms with Crippen molar-refractivity contribution < 1.29 is 17.6 Å². The number of carbonyl (C=O) groups excluding carboxylic acids is 1. The number of furan rings is 1. The summed E-state index contributed by atoms with van der Waals surface area (Å²) in [5.74, 6) is 0.559. The minimum absolute atomic E-state index is 0.0222. The lowest BCUT2D eigenvalue weighted by atomic mass is 9.86. The van der Waals surface area contributed by atoms with E-state index in [4.69, 9.17) is 16.0 Å². The highest BCUT2D eigenvalue weighted by atomic mass is 35.5. The largest absolute Gasteiger partial charge is 0.468 e. The Hall–Kier alpha value is -1.83. The molecule has 1 amide bonds. The van der Waals surface area contributed by atoms with Crippen LogP contribution in [0, 0.1) is 5.92 Å². The Kier molecular flexibility index (Phi) is 6.80. The first kappa shape index (κ1) is 20.9. The number of benzene rings is 1. The molecule has 152 valence electrons. The molecule has 0 bridgehead atoms. The number of sulfonamides is 1. The van der Waals surface area contributed by atoms with Gasteiger partial charge in [0.15, 0.2) is 0 Å². The average molecular weight is 425 g/mol. The van der Waals surface area contributed by atoms with Gasteiger partial charge in [-0.25, -0.2) is 8.42 Å². The molecule has 1 heterocycles. The number of hydrogen-bond donors (Lipinski definition) is 1. The van der Waals surface area contributed by atoms with Crippen molar-refractivity contribution in [1.82, 2.24) is 9.62 Å². The summed E-state index contributed by atoms with van der Waals surface area (Å²) in [6.45, 7) is 1.83. The lowest BCUT2D eigenvalue weighted by molar-refractivity contribution is -0.122. The zero-order valence-electron chi connectivity index (χ0n) is 15.8. The number of carbonyl (C=O) groups is 1. The van der Waals surface area contributed by atoms with E-state index >= 15 is 0 Å². The van der Waals surface area contributed by atoms with E-state index in [1.54, 1.807) is 12.1 Å². The first-order chi connectivity index (χ1) is 13.4. The van der Waals surface area contributed by atoms with E-state index in [1.807, 2.05) is 0 Å². The van der Waals surface area contributed by atoms with Gasteiger partial charge in [-0.1, -0.05) is 31.4 Å². The lowest BCUT2D eigenvalue weighted by Gasteiger charge is -2.30. The normalized spacial score (nSPS) is 20.2. The fraction of sp³-hybridized carbons (Fsp3) is 0.450. The first-order valence-electron chi connectivity index (χ1n) is 9.44. The Labute approximate surface area is 170 Å². The van der Waals surface area contributed by atoms with Crippen LogP contribution in [0.15, 0.2) is 52.0 Å². The zero-order chi connectivity index (χ0) is 20.1. The molecule has 28 heavy (non-hydrogen) atoms. The monoisotopic (exact) mass is 424 g/mol. The van der Waals surface area contributed by atoms with Gasteiger partial charge in [-0.15, -0.1) is 0 Å². The Balaban J connectivity index is 1.78. The second kappa shape index (κ2) is 9.11. The summed E-state index contributed by atoms with van der Waals surface area (Å²) < 4.78 is 32.7. The molecule has 1 fully saturated rings. The molecule has 0 aliphatic heterocycles. The molecule has 2 unspecified atom stereocenters. The number of rotatable bonds is 7. The van der Waals surface area contributed by atoms with Crippen molar-refractivity contribution in [3.05, 3.63) is 53.4 Å². The third-order valence-corrected chi connectivity index (χ3v) is 7.20. The highest BCUT2D eigenvalue weighted by molar-refractivity contribution is 7.89. The predicted molar refractivity (Wildman–Crippen MR) is 107 cm³/mol. The van der Waals surface area contributed by atoms with Gasteiger partial charge in [-0.3, -0.25) is 4.79 Å². The molecule has 0 saturated heterocycles. The molecular formula is C20H25ClN2O4S. The summed E-state index contributed by atoms with van der Waals surface area (Å²) in [7, 11) is -3.89. The minimum atomic E-state index is -3.89. The predicted octanol–water partition coefficient (Wildman–Crippen LogP) is 3.82. The van der Waals surface area contributed by atoms with Crippen LogP contribution in [0.4, 0.5) is 0 Å². The molecule has 1 aliphatic rings. The van der Waals surface area contributed by atoms with Gasteiger partial charge in [-0.05, 0) is 55.2 Å². The Bertz CT molecular complexity index is 881. The summed E-state index contributed by atoms with van der Waals surface area (Å²) in [4.78, 5) is 12.7. The molecule has 2 atom stereocenters. The number of nitrogens with one attached hydrogen (secondary N) is 1. The number of hydrogen-bond acceptors (Lipinski definition) is 4. The molecule has 1 aliphatic carbocycles. The third-order valence-electron chi connectivity index (χ3n) is 5.14. The van der Waals surface area contributed by atoms with E-state index in [1.165, 1.54) is 36.9 Å². The maximum Gasteiger partial charge on any atom is 0.243 e. The van der Waals surface area contributed by atoms with Crippen LogP contribution in [0.1, 0.15) is 38.4 Å². The van der Waals surface area contributed by atoms with Crippen molar-refractivity contribution in [1.29, 1.82) is 0 Å². The van der Waals surface area contributed by atoms with Gasteiger partial charge in [0.2, 0.25) is 15.9 Å². The molecule has 3 rings (SSSR count). The van der Waals surface area contributed by atoms with Crippen LogP contribution < -0.4 is 5.32 Å². The molecule has 1 aromatic carbocycles. The summed E-state index contributed by atoms with van der Waals surface area (Å²) in [5.41, 5.74) is 0. The number of amides is 1. The Morgan fingerprint density at radius 2 is 1.93 bits per heavy atom. The van der Waals surface area contributed by atoms with Gasteiger partial charge in [0.1, 0.15) is 5.76 Å². The van der Waals surface area contributed by atoms with Crippen molar-refractivity contribution in [3.63, 3.8) is 0 Å². The maximum atomic E-state index is 13.1. The molecule has 8 heteroatoms. The summed E-state index contributed by atoms with van der Waals surface area (Å²) in [6.07, 6.45) is 5.73. The molecule has 1 saturated carbocycles. The summed E-state index contributed by atoms with van der Waals surface area (Å²) in [5, 5.41) is 3.46. The topological polar surface area (TPSA) is 79.6 Å². The lowest BCUT2D eigenvalue weighted by Crippen LogP contribution is -2.46. The van der Waals surface area contributed by atoms with Gasteiger partial charge >= 0.3 is 0 Å². The molecule has 0 spiro atoms. The van der Waals surface area contributed by atoms with Crippen molar-refractivity contribution >= 4 is 27.5 Å². The highest BCUT2D eigenvalue weighted by Crippen LogP contribution is 2.24. The second-order valence-corrected chi connectivity index (χ2v) is 9.62. The van der Waals surface area contributed by atoms with E-state index < -0.39 is 10.0 Å².